The lowest BCUT2D eigenvalue weighted by atomic mass is 10.0. The summed E-state index contributed by atoms with van der Waals surface area (Å²) in [6, 6.07) is 1.27. The van der Waals surface area contributed by atoms with E-state index in [1.54, 1.807) is 30.5 Å². The highest BCUT2D eigenvalue weighted by Crippen LogP contribution is 2.19. The molecule has 0 spiro atoms. The van der Waals surface area contributed by atoms with Crippen LogP contribution < -0.4 is 27.4 Å². The lowest BCUT2D eigenvalue weighted by Crippen LogP contribution is -2.59. The van der Waals surface area contributed by atoms with Crippen molar-refractivity contribution >= 4 is 40.5 Å². The van der Waals surface area contributed by atoms with Gasteiger partial charge in [-0.1, -0.05) is 18.2 Å². The number of H-pyrrole nitrogens is 1. The van der Waals surface area contributed by atoms with E-state index in [0.717, 1.165) is 10.9 Å². The number of rotatable bonds is 13. The molecule has 14 nitrogen and oxygen atoms in total. The number of benzene rings is 1. The second kappa shape index (κ2) is 12.5. The van der Waals surface area contributed by atoms with Gasteiger partial charge in [0.25, 0.3) is 0 Å². The molecule has 0 aliphatic rings. The van der Waals surface area contributed by atoms with Crippen molar-refractivity contribution in [2.24, 2.45) is 11.5 Å². The van der Waals surface area contributed by atoms with E-state index in [2.05, 4.69) is 20.9 Å². The minimum absolute atomic E-state index is 0.104. The summed E-state index contributed by atoms with van der Waals surface area (Å²) in [6.07, 6.45) is 0.830. The Kier molecular flexibility index (Phi) is 9.69. The normalized spacial score (nSPS) is 14.4. The molecule has 11 N–H and O–H groups in total. The van der Waals surface area contributed by atoms with Crippen molar-refractivity contribution in [3.05, 3.63) is 36.0 Å². The van der Waals surface area contributed by atoms with Crippen molar-refractivity contribution in [1.29, 1.82) is 0 Å². The minimum Gasteiger partial charge on any atom is -0.480 e. The molecule has 0 aliphatic carbocycles. The Hall–Kier alpha value is -4.01. The maximum absolute atomic E-state index is 13.0. The second-order valence-electron chi connectivity index (χ2n) is 7.73. The maximum atomic E-state index is 13.0. The van der Waals surface area contributed by atoms with Gasteiger partial charge in [0.15, 0.2) is 0 Å². The van der Waals surface area contributed by atoms with E-state index < -0.39 is 73.4 Å². The van der Waals surface area contributed by atoms with E-state index in [4.69, 9.17) is 16.6 Å². The number of carboxylic acids is 1. The number of aliphatic hydroxyl groups excluding tert-OH is 2. The number of carbonyl (C=O) groups excluding carboxylic acids is 4. The molecule has 0 fully saturated rings. The molecule has 4 atom stereocenters. The predicted molar refractivity (Wildman–Crippen MR) is 121 cm³/mol. The number of fused-ring (bicyclic) bond motifs is 1. The molecule has 1 aromatic heterocycles. The summed E-state index contributed by atoms with van der Waals surface area (Å²) in [6.45, 7) is -1.55. The fourth-order valence-corrected chi connectivity index (χ4v) is 3.23. The predicted octanol–water partition coefficient (Wildman–Crippen LogP) is -3.56. The topological polar surface area (TPSA) is 250 Å². The monoisotopic (exact) mass is 492 g/mol. The first-order valence-electron chi connectivity index (χ1n) is 10.5. The zero-order chi connectivity index (χ0) is 26.1. The zero-order valence-corrected chi connectivity index (χ0v) is 18.6. The Labute approximate surface area is 199 Å². The second-order valence-corrected chi connectivity index (χ2v) is 7.73. The van der Waals surface area contributed by atoms with Gasteiger partial charge in [-0.25, -0.2) is 4.79 Å². The highest BCUT2D eigenvalue weighted by atomic mass is 16.4. The molecule has 4 amide bonds. The van der Waals surface area contributed by atoms with Crippen LogP contribution in [0.4, 0.5) is 0 Å². The molecule has 35 heavy (non-hydrogen) atoms. The number of para-hydroxylation sites is 1. The van der Waals surface area contributed by atoms with E-state index in [0.29, 0.717) is 5.56 Å². The molecule has 2 aromatic rings. The molecule has 190 valence electrons. The fourth-order valence-electron chi connectivity index (χ4n) is 3.23. The van der Waals surface area contributed by atoms with Crippen molar-refractivity contribution in [3.63, 3.8) is 0 Å². The first-order chi connectivity index (χ1) is 16.6. The van der Waals surface area contributed by atoms with Gasteiger partial charge >= 0.3 is 5.97 Å². The van der Waals surface area contributed by atoms with Crippen molar-refractivity contribution in [1.82, 2.24) is 20.9 Å². The van der Waals surface area contributed by atoms with Crippen LogP contribution in [-0.2, 0) is 30.4 Å². The van der Waals surface area contributed by atoms with Crippen molar-refractivity contribution in [2.75, 3.05) is 13.2 Å². The smallest absolute Gasteiger partial charge is 0.326 e. The summed E-state index contributed by atoms with van der Waals surface area (Å²) in [5.41, 5.74) is 11.8. The molecular weight excluding hydrogens is 464 g/mol. The van der Waals surface area contributed by atoms with Crippen molar-refractivity contribution in [3.8, 4) is 0 Å². The average molecular weight is 492 g/mol. The van der Waals surface area contributed by atoms with Crippen LogP contribution in [0.2, 0.25) is 0 Å². The maximum Gasteiger partial charge on any atom is 0.326 e. The minimum atomic E-state index is -1.64. The van der Waals surface area contributed by atoms with E-state index >= 15 is 0 Å². The summed E-state index contributed by atoms with van der Waals surface area (Å²) in [4.78, 5) is 63.3. The average Bonchev–Trinajstić information content (AvgIpc) is 3.23. The number of carbonyl (C=O) groups is 5. The van der Waals surface area contributed by atoms with Crippen LogP contribution in [0.3, 0.4) is 0 Å². The fraction of sp³-hybridized carbons (Fsp3) is 0.381. The Morgan fingerprint density at radius 3 is 2.09 bits per heavy atom. The quantitative estimate of drug-likeness (QED) is 0.134. The van der Waals surface area contributed by atoms with Crippen LogP contribution in [0.5, 0.6) is 0 Å². The molecule has 0 saturated heterocycles. The molecule has 0 radical (unpaired) electrons. The van der Waals surface area contributed by atoms with Gasteiger partial charge in [-0.2, -0.15) is 0 Å². The van der Waals surface area contributed by atoms with E-state index in [1.165, 1.54) is 0 Å². The summed E-state index contributed by atoms with van der Waals surface area (Å²) in [7, 11) is 0. The third-order valence-corrected chi connectivity index (χ3v) is 5.10. The van der Waals surface area contributed by atoms with Crippen LogP contribution in [0.25, 0.3) is 10.9 Å². The SMILES string of the molecule is NC(=O)CC(NC(=O)C(Cc1c[nH]c2ccccc12)NC(=O)C(CO)NC(=O)C(N)CO)C(=O)O. The Bertz CT molecular complexity index is 1090. The van der Waals surface area contributed by atoms with Gasteiger partial charge in [-0.3, -0.25) is 19.2 Å². The molecule has 1 aromatic carbocycles. The van der Waals surface area contributed by atoms with Gasteiger partial charge in [0.2, 0.25) is 23.6 Å². The molecular formula is C21H28N6O8. The number of aliphatic hydroxyl groups is 2. The van der Waals surface area contributed by atoms with Crippen LogP contribution in [-0.4, -0.2) is 87.3 Å². The van der Waals surface area contributed by atoms with Crippen LogP contribution in [0, 0.1) is 0 Å². The number of aromatic nitrogens is 1. The van der Waals surface area contributed by atoms with E-state index in [-0.39, 0.29) is 6.42 Å². The number of hydrogen-bond acceptors (Lipinski definition) is 8. The van der Waals surface area contributed by atoms with Gasteiger partial charge in [0, 0.05) is 23.5 Å². The van der Waals surface area contributed by atoms with Crippen molar-refractivity contribution < 1.29 is 39.3 Å². The zero-order valence-electron chi connectivity index (χ0n) is 18.6. The first-order valence-corrected chi connectivity index (χ1v) is 10.5. The largest absolute Gasteiger partial charge is 0.480 e. The number of nitrogens with one attached hydrogen (secondary N) is 4. The third-order valence-electron chi connectivity index (χ3n) is 5.10. The van der Waals surface area contributed by atoms with Crippen molar-refractivity contribution in [2.45, 2.75) is 37.0 Å². The number of amides is 4. The molecule has 2 rings (SSSR count). The molecule has 14 heteroatoms. The first kappa shape index (κ1) is 27.2. The van der Waals surface area contributed by atoms with Crippen LogP contribution >= 0.6 is 0 Å². The van der Waals surface area contributed by atoms with Gasteiger partial charge in [0.05, 0.1) is 19.6 Å². The number of aliphatic carboxylic acids is 1. The molecule has 1 heterocycles. The Morgan fingerprint density at radius 2 is 1.49 bits per heavy atom. The van der Waals surface area contributed by atoms with Gasteiger partial charge in [-0.15, -0.1) is 0 Å². The highest BCUT2D eigenvalue weighted by molar-refractivity contribution is 5.95. The summed E-state index contributed by atoms with van der Waals surface area (Å²) >= 11 is 0. The lowest BCUT2D eigenvalue weighted by Gasteiger charge is -2.24. The number of primary amides is 1. The van der Waals surface area contributed by atoms with Crippen LogP contribution in [0.1, 0.15) is 12.0 Å². The van der Waals surface area contributed by atoms with E-state index in [9.17, 15) is 34.2 Å². The van der Waals surface area contributed by atoms with E-state index in [1.807, 2.05) is 0 Å². The number of hydrogen-bond donors (Lipinski definition) is 9. The summed E-state index contributed by atoms with van der Waals surface area (Å²) in [5.74, 6) is -5.28. The molecule has 4 unspecified atom stereocenters. The number of carboxylic acid groups (broad SMARTS) is 1. The lowest BCUT2D eigenvalue weighted by molar-refractivity contribution is -0.143. The standard InChI is InChI=1S/C21H28N6O8/c22-12(8-28)18(31)27-16(9-29)20(33)25-14(19(32)26-15(21(34)35)6-17(23)30)5-10-7-24-13-4-2-1-3-11(10)13/h1-4,7,12,14-16,24,28-29H,5-6,8-9,22H2,(H2,23,30)(H,25,33)(H,26,32)(H,27,31)(H,34,35). The van der Waals surface area contributed by atoms with Gasteiger partial charge in [0.1, 0.15) is 24.2 Å². The third kappa shape index (κ3) is 7.49. The van der Waals surface area contributed by atoms with Crippen LogP contribution in [0.15, 0.2) is 30.5 Å². The highest BCUT2D eigenvalue weighted by Gasteiger charge is 2.31. The molecule has 0 bridgehead atoms. The summed E-state index contributed by atoms with van der Waals surface area (Å²) in [5, 5.41) is 35.3. The molecule has 0 saturated carbocycles. The summed E-state index contributed by atoms with van der Waals surface area (Å²) < 4.78 is 0. The van der Waals surface area contributed by atoms with Gasteiger partial charge < -0.3 is 47.7 Å². The number of aromatic amines is 1. The molecule has 0 aliphatic heterocycles. The van der Waals surface area contributed by atoms with Gasteiger partial charge in [-0.05, 0) is 11.6 Å². The Balaban J connectivity index is 2.28. The Morgan fingerprint density at radius 1 is 0.886 bits per heavy atom. The number of nitrogens with two attached hydrogens (primary N) is 2.